The number of hydrogen-bond donors (Lipinski definition) is 0. The highest BCUT2D eigenvalue weighted by Gasteiger charge is 2.35. The van der Waals surface area contributed by atoms with Gasteiger partial charge in [-0.05, 0) is 59.3 Å². The molecule has 1 fully saturated rings. The Labute approximate surface area is 219 Å². The molecule has 1 aliphatic rings. The molecule has 0 aromatic heterocycles. The van der Waals surface area contributed by atoms with Crippen LogP contribution in [-0.4, -0.2) is 29.4 Å². The normalized spacial score (nSPS) is 14.9. The lowest BCUT2D eigenvalue weighted by Gasteiger charge is -2.13. The van der Waals surface area contributed by atoms with E-state index in [2.05, 4.69) is 0 Å². The number of non-ortho nitro benzene ring substituents is 1. The Bertz CT molecular complexity index is 1520. The summed E-state index contributed by atoms with van der Waals surface area (Å²) >= 11 is 12.8. The minimum Gasteiger partial charge on any atom is -0.379 e. The first kappa shape index (κ1) is 25.7. The fourth-order valence-electron chi connectivity index (χ4n) is 3.15. The Balaban J connectivity index is 1.48. The second-order valence-electron chi connectivity index (χ2n) is 7.36. The van der Waals surface area contributed by atoms with Crippen LogP contribution in [0, 0.1) is 10.1 Å². The minimum atomic E-state index is -4.31. The summed E-state index contributed by atoms with van der Waals surface area (Å²) in [6.45, 7) is -0.0136. The summed E-state index contributed by atoms with van der Waals surface area (Å²) in [5.41, 5.74) is 0.698. The molecule has 0 unspecified atom stereocenters. The van der Waals surface area contributed by atoms with E-state index < -0.39 is 26.2 Å². The fourth-order valence-corrected chi connectivity index (χ4v) is 5.43. The first-order chi connectivity index (χ1) is 17.0. The van der Waals surface area contributed by atoms with Crippen molar-refractivity contribution >= 4 is 68.0 Å². The molecule has 2 amide bonds. The molecule has 0 atom stereocenters. The maximum absolute atomic E-state index is 12.8. The van der Waals surface area contributed by atoms with Crippen LogP contribution < -0.4 is 4.18 Å². The summed E-state index contributed by atoms with van der Waals surface area (Å²) in [6, 6.07) is 15.0. The number of nitro groups is 1. The number of thioether (sulfide) groups is 1. The number of benzene rings is 3. The van der Waals surface area contributed by atoms with Crippen LogP contribution in [0.25, 0.3) is 6.08 Å². The van der Waals surface area contributed by atoms with E-state index in [9.17, 15) is 28.1 Å². The average molecular weight is 565 g/mol. The van der Waals surface area contributed by atoms with Gasteiger partial charge in [-0.2, -0.15) is 8.42 Å². The van der Waals surface area contributed by atoms with Gasteiger partial charge < -0.3 is 4.18 Å². The first-order valence-electron chi connectivity index (χ1n) is 10.0. The highest BCUT2D eigenvalue weighted by atomic mass is 35.5. The number of nitrogens with zero attached hydrogens (tertiary/aromatic N) is 2. The van der Waals surface area contributed by atoms with Crippen LogP contribution in [0.1, 0.15) is 11.1 Å². The Morgan fingerprint density at radius 2 is 1.75 bits per heavy atom. The van der Waals surface area contributed by atoms with Crippen molar-refractivity contribution in [3.05, 3.63) is 103 Å². The van der Waals surface area contributed by atoms with Crippen molar-refractivity contribution in [2.45, 2.75) is 11.4 Å². The lowest BCUT2D eigenvalue weighted by molar-refractivity contribution is -0.385. The quantitative estimate of drug-likeness (QED) is 0.150. The molecule has 36 heavy (non-hydrogen) atoms. The predicted octanol–water partition coefficient (Wildman–Crippen LogP) is 5.91. The monoisotopic (exact) mass is 564 g/mol. The molecule has 0 radical (unpaired) electrons. The van der Waals surface area contributed by atoms with Gasteiger partial charge >= 0.3 is 10.1 Å². The van der Waals surface area contributed by atoms with Crippen molar-refractivity contribution < 1.29 is 27.1 Å². The fraction of sp³-hybridized carbons (Fsp3) is 0.0435. The van der Waals surface area contributed by atoms with Crippen molar-refractivity contribution in [2.75, 3.05) is 0 Å². The third-order valence-electron chi connectivity index (χ3n) is 4.92. The van der Waals surface area contributed by atoms with Crippen LogP contribution in [-0.2, 0) is 21.5 Å². The van der Waals surface area contributed by atoms with Crippen molar-refractivity contribution in [3.63, 3.8) is 0 Å². The molecule has 3 aromatic carbocycles. The van der Waals surface area contributed by atoms with E-state index in [-0.39, 0.29) is 27.8 Å². The van der Waals surface area contributed by atoms with Crippen LogP contribution in [0.3, 0.4) is 0 Å². The highest BCUT2D eigenvalue weighted by molar-refractivity contribution is 8.18. The predicted molar refractivity (Wildman–Crippen MR) is 135 cm³/mol. The summed E-state index contributed by atoms with van der Waals surface area (Å²) in [4.78, 5) is 36.3. The largest absolute Gasteiger partial charge is 0.379 e. The number of carbonyl (C=O) groups excluding carboxylic acids is 2. The van der Waals surface area contributed by atoms with Crippen LogP contribution in [0.15, 0.2) is 76.5 Å². The standard InChI is InChI=1S/C23H14Cl2N2O7S2/c24-16-7-6-15(20(25)11-16)13-26-22(28)21(35-23(26)29)10-14-4-8-18(9-5-14)34-36(32,33)19-3-1-2-17(12-19)27(30)31/h1-12H,13H2/b21-10-. The molecule has 3 aromatic rings. The molecule has 4 rings (SSSR count). The van der Waals surface area contributed by atoms with Crippen LogP contribution in [0.4, 0.5) is 10.5 Å². The smallest absolute Gasteiger partial charge is 0.339 e. The second kappa shape index (κ2) is 10.3. The average Bonchev–Trinajstić information content (AvgIpc) is 3.09. The summed E-state index contributed by atoms with van der Waals surface area (Å²) in [6.07, 6.45) is 1.49. The van der Waals surface area contributed by atoms with Crippen LogP contribution in [0.5, 0.6) is 5.75 Å². The van der Waals surface area contributed by atoms with E-state index in [1.54, 1.807) is 12.1 Å². The summed E-state index contributed by atoms with van der Waals surface area (Å²) < 4.78 is 30.0. The number of amides is 2. The van der Waals surface area contributed by atoms with E-state index in [0.717, 1.165) is 22.7 Å². The molecule has 0 N–H and O–H groups in total. The molecule has 0 saturated carbocycles. The first-order valence-corrected chi connectivity index (χ1v) is 13.0. The van der Waals surface area contributed by atoms with E-state index in [1.807, 2.05) is 0 Å². The molecule has 0 bridgehead atoms. The van der Waals surface area contributed by atoms with Gasteiger partial charge in [-0.25, -0.2) is 0 Å². The minimum absolute atomic E-state index is 0.0136. The van der Waals surface area contributed by atoms with Gasteiger partial charge in [0.2, 0.25) is 0 Å². The maximum atomic E-state index is 12.8. The number of imide groups is 1. The SMILES string of the molecule is O=C1S/C(=C\c2ccc(OS(=O)(=O)c3cccc([N+](=O)[O-])c3)cc2)C(=O)N1Cc1ccc(Cl)cc1Cl. The molecule has 1 heterocycles. The lowest BCUT2D eigenvalue weighted by atomic mass is 10.2. The topological polar surface area (TPSA) is 124 Å². The van der Waals surface area contributed by atoms with Gasteiger partial charge in [0.25, 0.3) is 16.8 Å². The summed E-state index contributed by atoms with van der Waals surface area (Å²) in [5, 5.41) is 11.2. The van der Waals surface area contributed by atoms with Crippen molar-refractivity contribution in [1.82, 2.24) is 4.90 Å². The number of carbonyl (C=O) groups is 2. The second-order valence-corrected chi connectivity index (χ2v) is 10.7. The van der Waals surface area contributed by atoms with Gasteiger partial charge in [0.15, 0.2) is 0 Å². The number of rotatable bonds is 7. The molecule has 13 heteroatoms. The zero-order valence-electron chi connectivity index (χ0n) is 18.0. The van der Waals surface area contributed by atoms with Gasteiger partial charge in [-0.15, -0.1) is 0 Å². The summed E-state index contributed by atoms with van der Waals surface area (Å²) in [7, 11) is -4.31. The molecule has 0 aliphatic carbocycles. The number of hydrogen-bond acceptors (Lipinski definition) is 8. The maximum Gasteiger partial charge on any atom is 0.339 e. The Hall–Kier alpha value is -3.38. The molecular weight excluding hydrogens is 551 g/mol. The van der Waals surface area contributed by atoms with E-state index in [1.165, 1.54) is 54.6 Å². The van der Waals surface area contributed by atoms with E-state index in [4.69, 9.17) is 27.4 Å². The number of nitro benzene ring substituents is 1. The Morgan fingerprint density at radius 3 is 2.42 bits per heavy atom. The van der Waals surface area contributed by atoms with Gasteiger partial charge in [0, 0.05) is 22.2 Å². The molecule has 184 valence electrons. The van der Waals surface area contributed by atoms with Gasteiger partial charge in [0.05, 0.1) is 16.4 Å². The lowest BCUT2D eigenvalue weighted by Crippen LogP contribution is -2.27. The Kier molecular flexibility index (Phi) is 7.36. The molecule has 9 nitrogen and oxygen atoms in total. The van der Waals surface area contributed by atoms with Crippen LogP contribution >= 0.6 is 35.0 Å². The summed E-state index contributed by atoms with van der Waals surface area (Å²) in [5.74, 6) is -0.534. The van der Waals surface area contributed by atoms with E-state index >= 15 is 0 Å². The number of halogens is 2. The molecule has 1 aliphatic heterocycles. The third-order valence-corrected chi connectivity index (χ3v) is 7.66. The van der Waals surface area contributed by atoms with Gasteiger partial charge in [-0.3, -0.25) is 24.6 Å². The zero-order chi connectivity index (χ0) is 26.0. The van der Waals surface area contributed by atoms with Crippen molar-refractivity contribution in [2.24, 2.45) is 0 Å². The molecular formula is C23H14Cl2N2O7S2. The van der Waals surface area contributed by atoms with Crippen LogP contribution in [0.2, 0.25) is 10.0 Å². The third kappa shape index (κ3) is 5.71. The highest BCUT2D eigenvalue weighted by Crippen LogP contribution is 2.35. The van der Waals surface area contributed by atoms with Gasteiger partial charge in [-0.1, -0.05) is 47.5 Å². The van der Waals surface area contributed by atoms with Crippen molar-refractivity contribution in [3.8, 4) is 5.75 Å². The molecule has 0 spiro atoms. The van der Waals surface area contributed by atoms with Crippen molar-refractivity contribution in [1.29, 1.82) is 0 Å². The van der Waals surface area contributed by atoms with Gasteiger partial charge in [0.1, 0.15) is 10.6 Å². The Morgan fingerprint density at radius 1 is 1.03 bits per heavy atom. The zero-order valence-corrected chi connectivity index (χ0v) is 21.1. The molecule has 1 saturated heterocycles. The van der Waals surface area contributed by atoms with E-state index in [0.29, 0.717) is 21.2 Å².